The number of amides is 2. The molecule has 0 saturated carbocycles. The lowest BCUT2D eigenvalue weighted by Crippen LogP contribution is -2.50. The second kappa shape index (κ2) is 9.33. The molecule has 2 amide bonds. The van der Waals surface area contributed by atoms with Crippen molar-refractivity contribution in [1.29, 1.82) is 0 Å². The van der Waals surface area contributed by atoms with Gasteiger partial charge in [-0.2, -0.15) is 0 Å². The molecule has 4 nitrogen and oxygen atoms in total. The molecule has 1 rings (SSSR count). The van der Waals surface area contributed by atoms with Crippen LogP contribution in [0.5, 0.6) is 0 Å². The van der Waals surface area contributed by atoms with Gasteiger partial charge in [-0.15, -0.1) is 0 Å². The summed E-state index contributed by atoms with van der Waals surface area (Å²) in [6.07, 6.45) is 1.86. The lowest BCUT2D eigenvalue weighted by Gasteiger charge is -2.31. The van der Waals surface area contributed by atoms with Crippen LogP contribution in [0, 0.1) is 6.92 Å². The zero-order valence-corrected chi connectivity index (χ0v) is 15.1. The Morgan fingerprint density at radius 2 is 1.83 bits per heavy atom. The van der Waals surface area contributed by atoms with Crippen LogP contribution in [0.1, 0.15) is 58.1 Å². The molecule has 0 bridgehead atoms. The molecule has 4 heteroatoms. The third-order valence-electron chi connectivity index (χ3n) is 3.88. The van der Waals surface area contributed by atoms with Gasteiger partial charge in [0.15, 0.2) is 0 Å². The quantitative estimate of drug-likeness (QED) is 0.798. The highest BCUT2D eigenvalue weighted by molar-refractivity contribution is 5.87. The fourth-order valence-electron chi connectivity index (χ4n) is 2.63. The third-order valence-corrected chi connectivity index (χ3v) is 3.88. The molecule has 0 aliphatic rings. The maximum Gasteiger partial charge on any atom is 0.243 e. The minimum atomic E-state index is -0.420. The molecule has 0 unspecified atom stereocenters. The molecule has 23 heavy (non-hydrogen) atoms. The maximum absolute atomic E-state index is 12.6. The van der Waals surface area contributed by atoms with Gasteiger partial charge in [-0.05, 0) is 44.7 Å². The Kier molecular flexibility index (Phi) is 7.79. The van der Waals surface area contributed by atoms with E-state index >= 15 is 0 Å². The molecule has 0 aromatic heterocycles. The number of nitrogens with one attached hydrogen (secondary N) is 1. The number of carbonyl (C=O) groups excluding carboxylic acids is 2. The Bertz CT molecular complexity index is 526. The van der Waals surface area contributed by atoms with Gasteiger partial charge in [-0.3, -0.25) is 9.59 Å². The minimum Gasteiger partial charge on any atom is -0.352 e. The molecule has 1 N–H and O–H groups in total. The van der Waals surface area contributed by atoms with Crippen LogP contribution in [0.15, 0.2) is 24.3 Å². The predicted molar refractivity (Wildman–Crippen MR) is 94.0 cm³/mol. The minimum absolute atomic E-state index is 0.0431. The zero-order valence-electron chi connectivity index (χ0n) is 15.1. The first-order chi connectivity index (χ1) is 10.9. The van der Waals surface area contributed by atoms with Gasteiger partial charge < -0.3 is 10.2 Å². The fraction of sp³-hybridized carbons (Fsp3) is 0.579. The molecule has 0 aliphatic carbocycles. The first-order valence-corrected chi connectivity index (χ1v) is 8.55. The van der Waals surface area contributed by atoms with Crippen molar-refractivity contribution < 1.29 is 9.59 Å². The highest BCUT2D eigenvalue weighted by Crippen LogP contribution is 2.16. The number of nitrogens with zero attached hydrogens (tertiary/aromatic N) is 1. The molecule has 128 valence electrons. The summed E-state index contributed by atoms with van der Waals surface area (Å²) in [4.78, 5) is 26.8. The van der Waals surface area contributed by atoms with E-state index in [-0.39, 0.29) is 17.9 Å². The Hall–Kier alpha value is -1.84. The van der Waals surface area contributed by atoms with Crippen molar-refractivity contribution in [1.82, 2.24) is 10.2 Å². The molecular weight excluding hydrogens is 288 g/mol. The number of benzene rings is 1. The lowest BCUT2D eigenvalue weighted by molar-refractivity contribution is -0.141. The number of carbonyl (C=O) groups is 2. The second-order valence-corrected chi connectivity index (χ2v) is 6.29. The number of aryl methyl sites for hydroxylation is 1. The largest absolute Gasteiger partial charge is 0.352 e. The van der Waals surface area contributed by atoms with Crippen LogP contribution in [0.3, 0.4) is 0 Å². The van der Waals surface area contributed by atoms with Crippen LogP contribution in [0.2, 0.25) is 0 Å². The molecule has 1 aromatic rings. The van der Waals surface area contributed by atoms with Gasteiger partial charge >= 0.3 is 0 Å². The summed E-state index contributed by atoms with van der Waals surface area (Å²) in [5.74, 6) is -0.0259. The van der Waals surface area contributed by atoms with Crippen molar-refractivity contribution in [3.63, 3.8) is 0 Å². The van der Waals surface area contributed by atoms with Crippen molar-refractivity contribution in [3.05, 3.63) is 35.4 Å². The van der Waals surface area contributed by atoms with Gasteiger partial charge in [-0.1, -0.05) is 38.1 Å². The first-order valence-electron chi connectivity index (χ1n) is 8.55. The fourth-order valence-corrected chi connectivity index (χ4v) is 2.63. The van der Waals surface area contributed by atoms with E-state index in [9.17, 15) is 9.59 Å². The summed E-state index contributed by atoms with van der Waals surface area (Å²) in [6, 6.07) is 7.66. The van der Waals surface area contributed by atoms with E-state index in [0.29, 0.717) is 19.4 Å². The van der Waals surface area contributed by atoms with E-state index in [0.717, 1.165) is 17.5 Å². The molecule has 0 radical (unpaired) electrons. The molecule has 0 heterocycles. The van der Waals surface area contributed by atoms with E-state index < -0.39 is 6.04 Å². The Balaban J connectivity index is 3.05. The standard InChI is InChI=1S/C19H30N2O2/c1-6-10-18(22)21(13-16-12-9-8-11-15(16)5)17(7-2)19(23)20-14(3)4/h8-9,11-12,14,17H,6-7,10,13H2,1-5H3,(H,20,23)/t17-/m0/s1. The van der Waals surface area contributed by atoms with Gasteiger partial charge in [-0.25, -0.2) is 0 Å². The van der Waals surface area contributed by atoms with Crippen molar-refractivity contribution in [2.45, 2.75) is 72.5 Å². The summed E-state index contributed by atoms with van der Waals surface area (Å²) in [7, 11) is 0. The van der Waals surface area contributed by atoms with Crippen LogP contribution < -0.4 is 5.32 Å². The van der Waals surface area contributed by atoms with Crippen LogP contribution in [-0.2, 0) is 16.1 Å². The molecule has 1 aromatic carbocycles. The average Bonchev–Trinajstić information content (AvgIpc) is 2.48. The normalized spacial score (nSPS) is 12.1. The van der Waals surface area contributed by atoms with E-state index in [4.69, 9.17) is 0 Å². The highest BCUT2D eigenvalue weighted by Gasteiger charge is 2.28. The second-order valence-electron chi connectivity index (χ2n) is 6.29. The van der Waals surface area contributed by atoms with Crippen LogP contribution in [0.25, 0.3) is 0 Å². The number of hydrogen-bond donors (Lipinski definition) is 1. The van der Waals surface area contributed by atoms with Gasteiger partial charge in [0.25, 0.3) is 0 Å². The monoisotopic (exact) mass is 318 g/mol. The molecular formula is C19H30N2O2. The molecule has 0 aliphatic heterocycles. The summed E-state index contributed by atoms with van der Waals surface area (Å²) >= 11 is 0. The number of hydrogen-bond acceptors (Lipinski definition) is 2. The molecule has 1 atom stereocenters. The first kappa shape index (κ1) is 19.2. The number of rotatable bonds is 8. The van der Waals surface area contributed by atoms with E-state index in [1.165, 1.54) is 0 Å². The predicted octanol–water partition coefficient (Wildman–Crippen LogP) is 3.43. The van der Waals surface area contributed by atoms with Gasteiger partial charge in [0.05, 0.1) is 0 Å². The average molecular weight is 318 g/mol. The van der Waals surface area contributed by atoms with Crippen LogP contribution in [0.4, 0.5) is 0 Å². The van der Waals surface area contributed by atoms with Crippen molar-refractivity contribution in [2.75, 3.05) is 0 Å². The maximum atomic E-state index is 12.6. The van der Waals surface area contributed by atoms with Crippen LogP contribution in [-0.4, -0.2) is 28.8 Å². The smallest absolute Gasteiger partial charge is 0.243 e. The molecule has 0 saturated heterocycles. The SMILES string of the molecule is CCCC(=O)N(Cc1ccccc1C)[C@@H](CC)C(=O)NC(C)C. The van der Waals surface area contributed by atoms with Crippen molar-refractivity contribution in [3.8, 4) is 0 Å². The molecule has 0 spiro atoms. The van der Waals surface area contributed by atoms with E-state index in [2.05, 4.69) is 5.32 Å². The zero-order chi connectivity index (χ0) is 17.4. The van der Waals surface area contributed by atoms with Gasteiger partial charge in [0.2, 0.25) is 11.8 Å². The van der Waals surface area contributed by atoms with E-state index in [1.807, 2.05) is 58.9 Å². The third kappa shape index (κ3) is 5.70. The van der Waals surface area contributed by atoms with E-state index in [1.54, 1.807) is 4.90 Å². The van der Waals surface area contributed by atoms with Gasteiger partial charge in [0, 0.05) is 19.0 Å². The Morgan fingerprint density at radius 1 is 1.17 bits per heavy atom. The summed E-state index contributed by atoms with van der Waals surface area (Å²) in [6.45, 7) is 10.3. The topological polar surface area (TPSA) is 49.4 Å². The highest BCUT2D eigenvalue weighted by atomic mass is 16.2. The van der Waals surface area contributed by atoms with Crippen LogP contribution >= 0.6 is 0 Å². The van der Waals surface area contributed by atoms with Crippen molar-refractivity contribution in [2.24, 2.45) is 0 Å². The molecule has 0 fully saturated rings. The lowest BCUT2D eigenvalue weighted by atomic mass is 10.1. The Labute approximate surface area is 140 Å². The van der Waals surface area contributed by atoms with Crippen molar-refractivity contribution >= 4 is 11.8 Å². The summed E-state index contributed by atoms with van der Waals surface area (Å²) in [5, 5.41) is 2.94. The summed E-state index contributed by atoms with van der Waals surface area (Å²) in [5.41, 5.74) is 2.23. The summed E-state index contributed by atoms with van der Waals surface area (Å²) < 4.78 is 0. The Morgan fingerprint density at radius 3 is 2.35 bits per heavy atom. The van der Waals surface area contributed by atoms with Gasteiger partial charge in [0.1, 0.15) is 6.04 Å².